The molecule has 0 amide bonds. The van der Waals surface area contributed by atoms with E-state index in [4.69, 9.17) is 10.6 Å². The lowest BCUT2D eigenvalue weighted by molar-refractivity contribution is 0.414. The quantitative estimate of drug-likeness (QED) is 0.318. The smallest absolute Gasteiger partial charge is 0.119 e. The first-order valence-electron chi connectivity index (χ1n) is 3.91. The van der Waals surface area contributed by atoms with E-state index >= 15 is 0 Å². The number of nitrogens with one attached hydrogen (secondary N) is 1. The van der Waals surface area contributed by atoms with Crippen LogP contribution in [0.5, 0.6) is 5.75 Å². The maximum atomic E-state index is 5.07. The number of hydrogen-bond donors (Lipinski definition) is 2. The van der Waals surface area contributed by atoms with Gasteiger partial charge in [0.05, 0.1) is 7.11 Å². The van der Waals surface area contributed by atoms with E-state index in [0.29, 0.717) is 0 Å². The third-order valence-corrected chi connectivity index (χ3v) is 1.73. The molecule has 70 valence electrons. The van der Waals surface area contributed by atoms with Gasteiger partial charge >= 0.3 is 0 Å². The third-order valence-electron chi connectivity index (χ3n) is 1.73. The van der Waals surface area contributed by atoms with Crippen LogP contribution in [0.15, 0.2) is 23.3 Å². The highest BCUT2D eigenvalue weighted by atomic mass is 16.5. The molecule has 0 spiro atoms. The van der Waals surface area contributed by atoms with Crippen LogP contribution in [0.3, 0.4) is 0 Å². The van der Waals surface area contributed by atoms with Crippen LogP contribution >= 0.6 is 0 Å². The molecule has 0 aliphatic heterocycles. The zero-order valence-electron chi connectivity index (χ0n) is 7.74. The van der Waals surface area contributed by atoms with Crippen molar-refractivity contribution in [3.8, 4) is 5.75 Å². The molecule has 13 heavy (non-hydrogen) atoms. The topological polar surface area (TPSA) is 59.6 Å². The van der Waals surface area contributed by atoms with Crippen molar-refractivity contribution in [3.05, 3.63) is 23.8 Å². The first kappa shape index (κ1) is 9.38. The molecule has 0 radical (unpaired) electrons. The maximum absolute atomic E-state index is 5.07. The molecule has 0 fully saturated rings. The third kappa shape index (κ3) is 2.37. The Kier molecular flexibility index (Phi) is 3.14. The van der Waals surface area contributed by atoms with Crippen LogP contribution < -0.4 is 15.9 Å². The Morgan fingerprint density at radius 1 is 1.54 bits per heavy atom. The standard InChI is InChI=1S/C9H13N3O/c1-7-5-8(13-2)3-4-9(7)11-6-12-10/h3-6H,10H2,1-2H3,(H,11,12). The number of rotatable bonds is 3. The van der Waals surface area contributed by atoms with Crippen LogP contribution in [0, 0.1) is 6.92 Å². The molecule has 1 aromatic rings. The molecule has 4 nitrogen and oxygen atoms in total. The molecule has 0 atom stereocenters. The normalized spacial score (nSPS) is 10.3. The summed E-state index contributed by atoms with van der Waals surface area (Å²) in [5.41, 5.74) is 2.05. The summed E-state index contributed by atoms with van der Waals surface area (Å²) in [4.78, 5) is 0. The summed E-state index contributed by atoms with van der Waals surface area (Å²) in [6, 6.07) is 5.72. The lowest BCUT2D eigenvalue weighted by Crippen LogP contribution is -1.99. The largest absolute Gasteiger partial charge is 0.497 e. The molecule has 4 heteroatoms. The van der Waals surface area contributed by atoms with Gasteiger partial charge in [0, 0.05) is 5.69 Å². The van der Waals surface area contributed by atoms with E-state index in [0.717, 1.165) is 17.0 Å². The molecule has 0 saturated heterocycles. The van der Waals surface area contributed by atoms with Crippen molar-refractivity contribution in [2.45, 2.75) is 6.92 Å². The lowest BCUT2D eigenvalue weighted by atomic mass is 10.2. The average molecular weight is 179 g/mol. The van der Waals surface area contributed by atoms with Gasteiger partial charge in [0.25, 0.3) is 0 Å². The van der Waals surface area contributed by atoms with Gasteiger partial charge < -0.3 is 15.9 Å². The van der Waals surface area contributed by atoms with Crippen LogP contribution in [0.1, 0.15) is 5.56 Å². The Morgan fingerprint density at radius 3 is 2.85 bits per heavy atom. The summed E-state index contributed by atoms with van der Waals surface area (Å²) in [6.07, 6.45) is 1.44. The monoisotopic (exact) mass is 179 g/mol. The number of ether oxygens (including phenoxy) is 1. The van der Waals surface area contributed by atoms with Crippen molar-refractivity contribution in [2.24, 2.45) is 10.9 Å². The predicted molar refractivity (Wildman–Crippen MR) is 54.0 cm³/mol. The fourth-order valence-corrected chi connectivity index (χ4v) is 1.03. The Bertz CT molecular complexity index is 310. The minimum Gasteiger partial charge on any atom is -0.497 e. The highest BCUT2D eigenvalue weighted by Crippen LogP contribution is 2.20. The fourth-order valence-electron chi connectivity index (χ4n) is 1.03. The SMILES string of the molecule is COc1ccc(N/C=N\N)c(C)c1. The van der Waals surface area contributed by atoms with Gasteiger partial charge in [0.15, 0.2) is 0 Å². The summed E-state index contributed by atoms with van der Waals surface area (Å²) in [6.45, 7) is 1.98. The molecular weight excluding hydrogens is 166 g/mol. The number of hydrazone groups is 1. The van der Waals surface area contributed by atoms with E-state index in [-0.39, 0.29) is 0 Å². The molecule has 0 aliphatic carbocycles. The second-order valence-electron chi connectivity index (χ2n) is 2.60. The van der Waals surface area contributed by atoms with Gasteiger partial charge in [-0.2, -0.15) is 5.10 Å². The summed E-state index contributed by atoms with van der Waals surface area (Å²) >= 11 is 0. The average Bonchev–Trinajstić information content (AvgIpc) is 2.16. The van der Waals surface area contributed by atoms with Gasteiger partial charge in [-0.15, -0.1) is 0 Å². The van der Waals surface area contributed by atoms with Gasteiger partial charge in [0.1, 0.15) is 12.1 Å². The van der Waals surface area contributed by atoms with E-state index in [9.17, 15) is 0 Å². The molecular formula is C9H13N3O. The molecule has 0 aromatic heterocycles. The summed E-state index contributed by atoms with van der Waals surface area (Å²) < 4.78 is 5.07. The Hall–Kier alpha value is -1.71. The van der Waals surface area contributed by atoms with Crippen molar-refractivity contribution in [1.29, 1.82) is 0 Å². The molecule has 0 heterocycles. The number of benzene rings is 1. The van der Waals surface area contributed by atoms with E-state index in [1.165, 1.54) is 6.34 Å². The van der Waals surface area contributed by atoms with Crippen LogP contribution in [0.2, 0.25) is 0 Å². The highest BCUT2D eigenvalue weighted by molar-refractivity contribution is 5.77. The molecule has 3 N–H and O–H groups in total. The summed E-state index contributed by atoms with van der Waals surface area (Å²) in [7, 11) is 1.64. The predicted octanol–water partition coefficient (Wildman–Crippen LogP) is 1.32. The van der Waals surface area contributed by atoms with Crippen LogP contribution in [0.4, 0.5) is 5.69 Å². The number of methoxy groups -OCH3 is 1. The van der Waals surface area contributed by atoms with Gasteiger partial charge in [-0.25, -0.2) is 0 Å². The Balaban J connectivity index is 2.85. The molecule has 0 aliphatic rings. The van der Waals surface area contributed by atoms with Gasteiger partial charge in [-0.3, -0.25) is 0 Å². The molecule has 1 aromatic carbocycles. The number of nitrogens with zero attached hydrogens (tertiary/aromatic N) is 1. The van der Waals surface area contributed by atoms with E-state index in [1.54, 1.807) is 7.11 Å². The van der Waals surface area contributed by atoms with Crippen molar-refractivity contribution in [3.63, 3.8) is 0 Å². The Labute approximate surface area is 77.4 Å². The lowest BCUT2D eigenvalue weighted by Gasteiger charge is -2.06. The van der Waals surface area contributed by atoms with Crippen LogP contribution in [-0.4, -0.2) is 13.4 Å². The molecule has 1 rings (SSSR count). The first-order chi connectivity index (χ1) is 6.27. The zero-order valence-corrected chi connectivity index (χ0v) is 7.74. The molecule has 0 bridgehead atoms. The number of nitrogens with two attached hydrogens (primary N) is 1. The van der Waals surface area contributed by atoms with Gasteiger partial charge in [-0.05, 0) is 30.7 Å². The van der Waals surface area contributed by atoms with Crippen LogP contribution in [-0.2, 0) is 0 Å². The van der Waals surface area contributed by atoms with Crippen molar-refractivity contribution < 1.29 is 4.74 Å². The van der Waals surface area contributed by atoms with E-state index in [1.807, 2.05) is 25.1 Å². The summed E-state index contributed by atoms with van der Waals surface area (Å²) in [5.74, 6) is 5.81. The Morgan fingerprint density at radius 2 is 2.31 bits per heavy atom. The van der Waals surface area contributed by atoms with Crippen molar-refractivity contribution >= 4 is 12.0 Å². The molecule has 0 unspecified atom stereocenters. The number of anilines is 1. The zero-order chi connectivity index (χ0) is 9.68. The second kappa shape index (κ2) is 4.35. The van der Waals surface area contributed by atoms with Crippen LogP contribution in [0.25, 0.3) is 0 Å². The maximum Gasteiger partial charge on any atom is 0.119 e. The van der Waals surface area contributed by atoms with Crippen molar-refractivity contribution in [1.82, 2.24) is 0 Å². The number of aryl methyl sites for hydroxylation is 1. The minimum atomic E-state index is 0.840. The summed E-state index contributed by atoms with van der Waals surface area (Å²) in [5, 5.41) is 6.29. The highest BCUT2D eigenvalue weighted by Gasteiger charge is 1.97. The number of hydrogen-bond acceptors (Lipinski definition) is 3. The first-order valence-corrected chi connectivity index (χ1v) is 3.91. The van der Waals surface area contributed by atoms with E-state index in [2.05, 4.69) is 10.4 Å². The van der Waals surface area contributed by atoms with Gasteiger partial charge in [0.2, 0.25) is 0 Å². The minimum absolute atomic E-state index is 0.840. The van der Waals surface area contributed by atoms with Gasteiger partial charge in [-0.1, -0.05) is 0 Å². The fraction of sp³-hybridized carbons (Fsp3) is 0.222. The molecule has 0 saturated carbocycles. The van der Waals surface area contributed by atoms with E-state index < -0.39 is 0 Å². The second-order valence-corrected chi connectivity index (χ2v) is 2.60. The van der Waals surface area contributed by atoms with Crippen molar-refractivity contribution in [2.75, 3.05) is 12.4 Å².